The molecule has 0 bridgehead atoms. The summed E-state index contributed by atoms with van der Waals surface area (Å²) in [6.07, 6.45) is -1.24. The van der Waals surface area contributed by atoms with E-state index in [1.165, 1.54) is 16.8 Å². The summed E-state index contributed by atoms with van der Waals surface area (Å²) >= 11 is 0. The van der Waals surface area contributed by atoms with Crippen LogP contribution in [0.4, 0.5) is 0 Å². The van der Waals surface area contributed by atoms with Crippen molar-refractivity contribution in [3.63, 3.8) is 0 Å². The Labute approximate surface area is 89.9 Å². The van der Waals surface area contributed by atoms with E-state index in [0.717, 1.165) is 0 Å². The minimum atomic E-state index is -0.924. The van der Waals surface area contributed by atoms with Gasteiger partial charge in [-0.25, -0.2) is 0 Å². The molecule has 1 aromatic heterocycles. The third-order valence-corrected chi connectivity index (χ3v) is 2.81. The van der Waals surface area contributed by atoms with Crippen molar-refractivity contribution in [1.82, 2.24) is 9.55 Å². The topological polar surface area (TPSA) is 93.8 Å². The molecule has 2 N–H and O–H groups in total. The number of hydrogen-bond donors (Lipinski definition) is 2. The first-order valence-electron chi connectivity index (χ1n) is 4.91. The second kappa shape index (κ2) is 3.27. The molecule has 2 aliphatic rings. The lowest BCUT2D eigenvalue weighted by molar-refractivity contribution is -0.0434. The predicted molar refractivity (Wildman–Crippen MR) is 49.9 cm³/mol. The van der Waals surface area contributed by atoms with E-state index in [9.17, 15) is 9.90 Å². The van der Waals surface area contributed by atoms with E-state index in [2.05, 4.69) is 4.98 Å². The first-order chi connectivity index (χ1) is 7.70. The van der Waals surface area contributed by atoms with Crippen LogP contribution in [0.1, 0.15) is 6.23 Å². The Morgan fingerprint density at radius 1 is 1.56 bits per heavy atom. The van der Waals surface area contributed by atoms with Crippen LogP contribution < -0.4 is 10.3 Å². The highest BCUT2D eigenvalue weighted by molar-refractivity contribution is 5.10. The Hall–Kier alpha value is -1.44. The summed E-state index contributed by atoms with van der Waals surface area (Å²) in [6.45, 7) is -0.277. The fourth-order valence-corrected chi connectivity index (χ4v) is 2.02. The molecule has 0 aromatic carbocycles. The van der Waals surface area contributed by atoms with Gasteiger partial charge in [-0.1, -0.05) is 0 Å². The lowest BCUT2D eigenvalue weighted by atomic mass is 10.1. The molecule has 0 spiro atoms. The van der Waals surface area contributed by atoms with E-state index in [1.807, 2.05) is 0 Å². The molecular weight excluding hydrogens is 216 g/mol. The maximum absolute atomic E-state index is 11.0. The van der Waals surface area contributed by atoms with Gasteiger partial charge in [-0.2, -0.15) is 4.98 Å². The molecule has 16 heavy (non-hydrogen) atoms. The van der Waals surface area contributed by atoms with Gasteiger partial charge in [-0.15, -0.1) is 0 Å². The average molecular weight is 226 g/mol. The average Bonchev–Trinajstić information content (AvgIpc) is 2.75. The van der Waals surface area contributed by atoms with Crippen LogP contribution in [0.15, 0.2) is 17.1 Å². The molecule has 86 valence electrons. The zero-order valence-electron chi connectivity index (χ0n) is 8.18. The Kier molecular flexibility index (Phi) is 2.00. The van der Waals surface area contributed by atoms with E-state index >= 15 is 0 Å². The summed E-state index contributed by atoms with van der Waals surface area (Å²) in [5.74, 6) is 0. The van der Waals surface area contributed by atoms with Crippen LogP contribution in [0.2, 0.25) is 0 Å². The number of rotatable bonds is 1. The normalized spacial score (nSPS) is 35.6. The Bertz CT molecular complexity index is 473. The van der Waals surface area contributed by atoms with Gasteiger partial charge < -0.3 is 19.7 Å². The maximum Gasteiger partial charge on any atom is 0.302 e. The van der Waals surface area contributed by atoms with Gasteiger partial charge in [0.1, 0.15) is 12.2 Å². The van der Waals surface area contributed by atoms with Gasteiger partial charge in [0.05, 0.1) is 6.61 Å². The van der Waals surface area contributed by atoms with Crippen LogP contribution in [0.25, 0.3) is 0 Å². The van der Waals surface area contributed by atoms with Gasteiger partial charge in [0, 0.05) is 12.3 Å². The number of aliphatic hydroxyl groups excluding tert-OH is 2. The standard InChI is InChI=1S/C9H10N2O5/c12-3-4-6(14)7-8(15-4)11-2-1-5(13)10-9(11)16-7/h1-2,4,6-8,12,14H,3H2/t4-,6+,7-,8+/m0/s1. The summed E-state index contributed by atoms with van der Waals surface area (Å²) in [5, 5.41) is 18.7. The molecule has 4 atom stereocenters. The van der Waals surface area contributed by atoms with E-state index < -0.39 is 30.1 Å². The van der Waals surface area contributed by atoms with Crippen LogP contribution in [0, 0.1) is 0 Å². The fourth-order valence-electron chi connectivity index (χ4n) is 2.02. The van der Waals surface area contributed by atoms with Crippen LogP contribution in [-0.2, 0) is 4.74 Å². The highest BCUT2D eigenvalue weighted by Gasteiger charge is 2.50. The number of fused-ring (bicyclic) bond motifs is 3. The smallest absolute Gasteiger partial charge is 0.302 e. The molecule has 7 nitrogen and oxygen atoms in total. The van der Waals surface area contributed by atoms with Crippen molar-refractivity contribution < 1.29 is 19.7 Å². The van der Waals surface area contributed by atoms with Crippen molar-refractivity contribution in [2.24, 2.45) is 0 Å². The van der Waals surface area contributed by atoms with E-state index in [-0.39, 0.29) is 12.6 Å². The first kappa shape index (κ1) is 9.76. The van der Waals surface area contributed by atoms with Gasteiger partial charge in [-0.05, 0) is 0 Å². The highest BCUT2D eigenvalue weighted by atomic mass is 16.6. The second-order valence-corrected chi connectivity index (χ2v) is 3.78. The summed E-state index contributed by atoms with van der Waals surface area (Å²) in [4.78, 5) is 14.7. The van der Waals surface area contributed by atoms with Crippen molar-refractivity contribution in [1.29, 1.82) is 0 Å². The van der Waals surface area contributed by atoms with Crippen molar-refractivity contribution >= 4 is 0 Å². The quantitative estimate of drug-likeness (QED) is 0.590. The molecule has 1 aromatic rings. The Morgan fingerprint density at radius 2 is 2.38 bits per heavy atom. The monoisotopic (exact) mass is 226 g/mol. The van der Waals surface area contributed by atoms with Crippen LogP contribution in [0.5, 0.6) is 6.01 Å². The van der Waals surface area contributed by atoms with E-state index in [0.29, 0.717) is 0 Å². The maximum atomic E-state index is 11.0. The SMILES string of the molecule is O=c1ccn2c(n1)O[C@H]1[C@H](O)[C@H](CO)O[C@H]12. The van der Waals surface area contributed by atoms with Gasteiger partial charge >= 0.3 is 6.01 Å². The number of hydrogen-bond acceptors (Lipinski definition) is 6. The Balaban J connectivity index is 1.99. The van der Waals surface area contributed by atoms with E-state index in [4.69, 9.17) is 14.6 Å². The predicted octanol–water partition coefficient (Wildman–Crippen LogP) is -1.75. The van der Waals surface area contributed by atoms with Crippen LogP contribution in [0.3, 0.4) is 0 Å². The zero-order valence-corrected chi connectivity index (χ0v) is 8.18. The molecule has 2 aliphatic heterocycles. The minimum absolute atomic E-state index is 0.137. The minimum Gasteiger partial charge on any atom is -0.453 e. The molecule has 0 unspecified atom stereocenters. The van der Waals surface area contributed by atoms with Crippen LogP contribution >= 0.6 is 0 Å². The third kappa shape index (κ3) is 1.19. The highest BCUT2D eigenvalue weighted by Crippen LogP contribution is 2.38. The van der Waals surface area contributed by atoms with Crippen LogP contribution in [-0.4, -0.2) is 44.7 Å². The molecule has 0 radical (unpaired) electrons. The molecule has 3 heterocycles. The molecule has 3 rings (SSSR count). The molecular formula is C9H10N2O5. The molecule has 1 fully saturated rings. The lowest BCUT2D eigenvalue weighted by Crippen LogP contribution is -2.34. The van der Waals surface area contributed by atoms with Gasteiger partial charge in [0.2, 0.25) is 0 Å². The molecule has 0 aliphatic carbocycles. The van der Waals surface area contributed by atoms with E-state index in [1.54, 1.807) is 0 Å². The molecule has 7 heteroatoms. The van der Waals surface area contributed by atoms with Crippen molar-refractivity contribution in [2.75, 3.05) is 6.61 Å². The fraction of sp³-hybridized carbons (Fsp3) is 0.556. The molecule has 0 amide bonds. The number of aromatic nitrogens is 2. The molecule has 0 saturated carbocycles. The largest absolute Gasteiger partial charge is 0.453 e. The van der Waals surface area contributed by atoms with Crippen molar-refractivity contribution in [3.8, 4) is 6.01 Å². The second-order valence-electron chi connectivity index (χ2n) is 3.78. The number of aliphatic hydroxyl groups is 2. The number of ether oxygens (including phenoxy) is 2. The van der Waals surface area contributed by atoms with Crippen molar-refractivity contribution in [2.45, 2.75) is 24.5 Å². The third-order valence-electron chi connectivity index (χ3n) is 2.81. The lowest BCUT2D eigenvalue weighted by Gasteiger charge is -2.13. The van der Waals surface area contributed by atoms with Crippen molar-refractivity contribution in [3.05, 3.63) is 22.6 Å². The van der Waals surface area contributed by atoms with Gasteiger partial charge in [0.15, 0.2) is 12.3 Å². The summed E-state index contributed by atoms with van der Waals surface area (Å²) < 4.78 is 12.3. The van der Waals surface area contributed by atoms with Gasteiger partial charge in [-0.3, -0.25) is 9.36 Å². The Morgan fingerprint density at radius 3 is 3.12 bits per heavy atom. The zero-order chi connectivity index (χ0) is 11.3. The summed E-state index contributed by atoms with van der Waals surface area (Å²) in [7, 11) is 0. The summed E-state index contributed by atoms with van der Waals surface area (Å²) in [6, 6.07) is 1.43. The molecule has 1 saturated heterocycles. The first-order valence-corrected chi connectivity index (χ1v) is 4.91. The summed E-state index contributed by atoms with van der Waals surface area (Å²) in [5.41, 5.74) is -0.403. The van der Waals surface area contributed by atoms with Gasteiger partial charge in [0.25, 0.3) is 5.56 Å². The number of nitrogens with zero attached hydrogens (tertiary/aromatic N) is 2.